The minimum Gasteiger partial charge on any atom is -0.378 e. The monoisotopic (exact) mass is 382 g/mol. The smallest absolute Gasteiger partial charge is 0.255 e. The van der Waals surface area contributed by atoms with Crippen LogP contribution in [0.15, 0.2) is 54.6 Å². The summed E-state index contributed by atoms with van der Waals surface area (Å²) in [4.78, 5) is 29.2. The van der Waals surface area contributed by atoms with Gasteiger partial charge in [0.15, 0.2) is 0 Å². The van der Waals surface area contributed by atoms with Crippen LogP contribution in [0.25, 0.3) is 0 Å². The van der Waals surface area contributed by atoms with Crippen LogP contribution in [0.1, 0.15) is 26.9 Å². The molecule has 0 spiro atoms. The number of carbonyl (C=O) groups is 2. The summed E-state index contributed by atoms with van der Waals surface area (Å²) < 4.78 is 5.32. The van der Waals surface area contributed by atoms with E-state index >= 15 is 0 Å². The van der Waals surface area contributed by atoms with E-state index in [0.717, 1.165) is 16.7 Å². The molecule has 0 aromatic heterocycles. The Bertz CT molecular complexity index is 821. The highest BCUT2D eigenvalue weighted by molar-refractivity contribution is 8.00. The molecule has 0 saturated carbocycles. The molecule has 1 atom stereocenters. The number of hydrogen-bond donors (Lipinski definition) is 0. The number of ether oxygens (including phenoxy) is 1. The second-order valence-corrected chi connectivity index (χ2v) is 7.73. The largest absolute Gasteiger partial charge is 0.378 e. The van der Waals surface area contributed by atoms with Crippen LogP contribution in [0, 0.1) is 0 Å². The summed E-state index contributed by atoms with van der Waals surface area (Å²) >= 11 is 1.53. The third-order valence-electron chi connectivity index (χ3n) is 4.93. The fourth-order valence-corrected chi connectivity index (χ4v) is 4.72. The first-order chi connectivity index (χ1) is 13.2. The second-order valence-electron chi connectivity index (χ2n) is 6.66. The Morgan fingerprint density at radius 1 is 1.04 bits per heavy atom. The lowest BCUT2D eigenvalue weighted by atomic mass is 10.1. The summed E-state index contributed by atoms with van der Waals surface area (Å²) in [7, 11) is 0. The van der Waals surface area contributed by atoms with Crippen LogP contribution in [0.4, 0.5) is 0 Å². The predicted octanol–water partition coefficient (Wildman–Crippen LogP) is 2.93. The van der Waals surface area contributed by atoms with Crippen LogP contribution in [0.5, 0.6) is 0 Å². The molecule has 4 rings (SSSR count). The minimum atomic E-state index is -0.140. The standard InChI is InChI=1S/C21H22N2O3S/c24-19(22-10-12-26-13-11-22)15-27-21-18-9-5-4-8-17(18)20(25)23(21)14-16-6-2-1-3-7-16/h1-9,21H,10-15H2/t21-/m0/s1. The van der Waals surface area contributed by atoms with Gasteiger partial charge in [0.25, 0.3) is 5.91 Å². The maximum absolute atomic E-state index is 13.0. The highest BCUT2D eigenvalue weighted by atomic mass is 32.2. The van der Waals surface area contributed by atoms with Crippen LogP contribution in [0.3, 0.4) is 0 Å². The van der Waals surface area contributed by atoms with Crippen molar-refractivity contribution in [3.8, 4) is 0 Å². The SMILES string of the molecule is O=C(CS[C@H]1c2ccccc2C(=O)N1Cc1ccccc1)N1CCOCC1. The Morgan fingerprint density at radius 3 is 2.52 bits per heavy atom. The first-order valence-corrected chi connectivity index (χ1v) is 10.2. The van der Waals surface area contributed by atoms with E-state index in [1.165, 1.54) is 11.8 Å². The maximum Gasteiger partial charge on any atom is 0.255 e. The average Bonchev–Trinajstić information content (AvgIpc) is 2.99. The maximum atomic E-state index is 13.0. The number of morpholine rings is 1. The summed E-state index contributed by atoms with van der Waals surface area (Å²) in [5.41, 5.74) is 2.83. The van der Waals surface area contributed by atoms with Gasteiger partial charge in [0.05, 0.1) is 19.0 Å². The molecule has 0 bridgehead atoms. The molecule has 2 aromatic carbocycles. The Kier molecular flexibility index (Phi) is 5.45. The average molecular weight is 382 g/mol. The van der Waals surface area contributed by atoms with E-state index < -0.39 is 0 Å². The molecule has 2 aliphatic heterocycles. The molecule has 1 saturated heterocycles. The molecule has 2 amide bonds. The number of nitrogens with zero attached hydrogens (tertiary/aromatic N) is 2. The zero-order valence-corrected chi connectivity index (χ0v) is 15.9. The lowest BCUT2D eigenvalue weighted by molar-refractivity contribution is -0.132. The van der Waals surface area contributed by atoms with Crippen LogP contribution >= 0.6 is 11.8 Å². The van der Waals surface area contributed by atoms with E-state index in [-0.39, 0.29) is 17.2 Å². The van der Waals surface area contributed by atoms with Crippen molar-refractivity contribution in [3.05, 3.63) is 71.3 Å². The summed E-state index contributed by atoms with van der Waals surface area (Å²) in [6.07, 6.45) is 0. The van der Waals surface area contributed by atoms with E-state index in [0.29, 0.717) is 38.6 Å². The normalized spacial score (nSPS) is 19.3. The van der Waals surface area contributed by atoms with Crippen LogP contribution < -0.4 is 0 Å². The number of benzene rings is 2. The molecule has 2 heterocycles. The third kappa shape index (κ3) is 3.87. The molecule has 2 aliphatic rings. The van der Waals surface area contributed by atoms with E-state index in [1.807, 2.05) is 64.4 Å². The molecular weight excluding hydrogens is 360 g/mol. The van der Waals surface area contributed by atoms with Crippen LogP contribution in [0.2, 0.25) is 0 Å². The van der Waals surface area contributed by atoms with E-state index in [2.05, 4.69) is 0 Å². The summed E-state index contributed by atoms with van der Waals surface area (Å²) in [6, 6.07) is 17.7. The molecule has 0 aliphatic carbocycles. The second kappa shape index (κ2) is 8.15. The quantitative estimate of drug-likeness (QED) is 0.798. The van der Waals surface area contributed by atoms with Gasteiger partial charge in [-0.15, -0.1) is 11.8 Å². The molecule has 27 heavy (non-hydrogen) atoms. The Labute approximate surface area is 163 Å². The summed E-state index contributed by atoms with van der Waals surface area (Å²) in [5.74, 6) is 0.503. The molecule has 140 valence electrons. The molecule has 6 heteroatoms. The number of amides is 2. The number of carbonyl (C=O) groups excluding carboxylic acids is 2. The predicted molar refractivity (Wildman–Crippen MR) is 105 cm³/mol. The van der Waals surface area contributed by atoms with Gasteiger partial charge in [-0.3, -0.25) is 9.59 Å². The van der Waals surface area contributed by atoms with Crippen molar-refractivity contribution >= 4 is 23.6 Å². The Morgan fingerprint density at radius 2 is 1.74 bits per heavy atom. The van der Waals surface area contributed by atoms with Gasteiger partial charge in [-0.1, -0.05) is 48.5 Å². The molecule has 0 N–H and O–H groups in total. The molecule has 1 fully saturated rings. The van der Waals surface area contributed by atoms with E-state index in [1.54, 1.807) is 0 Å². The Balaban J connectivity index is 1.51. The highest BCUT2D eigenvalue weighted by Gasteiger charge is 2.37. The van der Waals surface area contributed by atoms with Gasteiger partial charge in [0, 0.05) is 25.2 Å². The van der Waals surface area contributed by atoms with Gasteiger partial charge in [-0.2, -0.15) is 0 Å². The first kappa shape index (κ1) is 18.1. The van der Waals surface area contributed by atoms with Crippen molar-refractivity contribution in [2.24, 2.45) is 0 Å². The zero-order valence-electron chi connectivity index (χ0n) is 15.0. The fraction of sp³-hybridized carbons (Fsp3) is 0.333. The van der Waals surface area contributed by atoms with Gasteiger partial charge < -0.3 is 14.5 Å². The number of rotatable bonds is 5. The highest BCUT2D eigenvalue weighted by Crippen LogP contribution is 2.42. The van der Waals surface area contributed by atoms with Gasteiger partial charge in [0.1, 0.15) is 5.37 Å². The molecular formula is C21H22N2O3S. The minimum absolute atomic E-state index is 0.0331. The first-order valence-electron chi connectivity index (χ1n) is 9.15. The van der Waals surface area contributed by atoms with E-state index in [4.69, 9.17) is 4.74 Å². The van der Waals surface area contributed by atoms with Crippen molar-refractivity contribution in [2.45, 2.75) is 11.9 Å². The molecule has 2 aromatic rings. The van der Waals surface area contributed by atoms with Gasteiger partial charge in [0.2, 0.25) is 5.91 Å². The van der Waals surface area contributed by atoms with Crippen molar-refractivity contribution in [3.63, 3.8) is 0 Å². The van der Waals surface area contributed by atoms with Gasteiger partial charge in [-0.05, 0) is 17.2 Å². The Hall–Kier alpha value is -2.31. The number of fused-ring (bicyclic) bond motifs is 1. The molecule has 5 nitrogen and oxygen atoms in total. The van der Waals surface area contributed by atoms with Crippen LogP contribution in [-0.4, -0.2) is 53.7 Å². The lowest BCUT2D eigenvalue weighted by Crippen LogP contribution is -2.41. The number of thioether (sulfide) groups is 1. The third-order valence-corrected chi connectivity index (χ3v) is 6.16. The van der Waals surface area contributed by atoms with Crippen LogP contribution in [-0.2, 0) is 16.1 Å². The molecule has 0 unspecified atom stereocenters. The topological polar surface area (TPSA) is 49.9 Å². The van der Waals surface area contributed by atoms with E-state index in [9.17, 15) is 9.59 Å². The van der Waals surface area contributed by atoms with Gasteiger partial charge in [-0.25, -0.2) is 0 Å². The van der Waals surface area contributed by atoms with Gasteiger partial charge >= 0.3 is 0 Å². The number of hydrogen-bond acceptors (Lipinski definition) is 4. The van der Waals surface area contributed by atoms with Crippen molar-refractivity contribution < 1.29 is 14.3 Å². The van der Waals surface area contributed by atoms with Crippen molar-refractivity contribution in [2.75, 3.05) is 32.1 Å². The lowest BCUT2D eigenvalue weighted by Gasteiger charge is -2.29. The molecule has 0 radical (unpaired) electrons. The summed E-state index contributed by atoms with van der Waals surface area (Å²) in [6.45, 7) is 3.03. The van der Waals surface area contributed by atoms with Crippen molar-refractivity contribution in [1.29, 1.82) is 0 Å². The zero-order chi connectivity index (χ0) is 18.6. The van der Waals surface area contributed by atoms with Crippen molar-refractivity contribution in [1.82, 2.24) is 9.80 Å². The fourth-order valence-electron chi connectivity index (χ4n) is 3.51. The summed E-state index contributed by atoms with van der Waals surface area (Å²) in [5, 5.41) is -0.140.